The first-order valence-corrected chi connectivity index (χ1v) is 6.50. The Morgan fingerprint density at radius 2 is 2.17 bits per heavy atom. The summed E-state index contributed by atoms with van der Waals surface area (Å²) in [4.78, 5) is 10.6. The molecule has 0 radical (unpaired) electrons. The van der Waals surface area contributed by atoms with Gasteiger partial charge in [-0.15, -0.1) is 0 Å². The number of nitrogens with one attached hydrogen (secondary N) is 1. The quantitative estimate of drug-likeness (QED) is 0.737. The van der Waals surface area contributed by atoms with Crippen molar-refractivity contribution in [3.8, 4) is 0 Å². The Hall–Kier alpha value is -1.45. The second-order valence-electron chi connectivity index (χ2n) is 3.65. The maximum atomic E-state index is 12.2. The molecule has 0 saturated carbocycles. The number of carboxylic acids is 1. The largest absolute Gasteiger partial charge is 0.476 e. The van der Waals surface area contributed by atoms with Crippen molar-refractivity contribution in [2.24, 2.45) is 0 Å². The van der Waals surface area contributed by atoms with Gasteiger partial charge < -0.3 is 9.84 Å². The first-order chi connectivity index (χ1) is 8.32. The fourth-order valence-electron chi connectivity index (χ4n) is 1.38. The van der Waals surface area contributed by atoms with Gasteiger partial charge in [0.05, 0.1) is 12.3 Å². The predicted octanol–water partition coefficient (Wildman–Crippen LogP) is -0.317. The van der Waals surface area contributed by atoms with E-state index in [1.807, 2.05) is 0 Å². The topological polar surface area (TPSA) is 113 Å². The average molecular weight is 277 g/mol. The number of aromatic amines is 1. The molecule has 8 nitrogen and oxygen atoms in total. The molecule has 0 aromatic carbocycles. The van der Waals surface area contributed by atoms with Crippen LogP contribution in [0.5, 0.6) is 0 Å². The SMILES string of the molecule is COCCN(C)S(=O)(=O)c1c(C(=O)O)n[nH]c1C. The van der Waals surface area contributed by atoms with Crippen molar-refractivity contribution in [3.05, 3.63) is 11.4 Å². The Bertz CT molecular complexity index is 536. The van der Waals surface area contributed by atoms with E-state index in [1.165, 1.54) is 21.1 Å². The average Bonchev–Trinajstić information content (AvgIpc) is 2.68. The van der Waals surface area contributed by atoms with Crippen LogP contribution in [0.4, 0.5) is 0 Å². The molecule has 9 heteroatoms. The van der Waals surface area contributed by atoms with Crippen LogP contribution in [0.15, 0.2) is 4.90 Å². The van der Waals surface area contributed by atoms with E-state index in [0.717, 1.165) is 4.31 Å². The van der Waals surface area contributed by atoms with Crippen molar-refractivity contribution < 1.29 is 23.1 Å². The van der Waals surface area contributed by atoms with E-state index in [4.69, 9.17) is 9.84 Å². The number of hydrogen-bond donors (Lipinski definition) is 2. The maximum absolute atomic E-state index is 12.2. The number of aromatic nitrogens is 2. The smallest absolute Gasteiger partial charge is 0.357 e. The summed E-state index contributed by atoms with van der Waals surface area (Å²) in [5.74, 6) is -1.39. The number of carboxylic acid groups (broad SMARTS) is 1. The third-order valence-corrected chi connectivity index (χ3v) is 4.39. The van der Waals surface area contributed by atoms with Crippen molar-refractivity contribution in [3.63, 3.8) is 0 Å². The number of carbonyl (C=O) groups is 1. The first kappa shape index (κ1) is 14.6. The standard InChI is InChI=1S/C9H15N3O5S/c1-6-8(7(9(13)14)11-10-6)18(15,16)12(2)4-5-17-3/h4-5H2,1-3H3,(H,10,11)(H,13,14). The molecule has 1 aromatic heterocycles. The third kappa shape index (κ3) is 2.68. The molecule has 0 unspecified atom stereocenters. The van der Waals surface area contributed by atoms with Crippen molar-refractivity contribution in [1.82, 2.24) is 14.5 Å². The summed E-state index contributed by atoms with van der Waals surface area (Å²) in [7, 11) is -1.09. The van der Waals surface area contributed by atoms with Gasteiger partial charge in [0.1, 0.15) is 4.90 Å². The van der Waals surface area contributed by atoms with Gasteiger partial charge in [-0.1, -0.05) is 0 Å². The number of ether oxygens (including phenoxy) is 1. The van der Waals surface area contributed by atoms with E-state index in [-0.39, 0.29) is 23.7 Å². The summed E-state index contributed by atoms with van der Waals surface area (Å²) in [6.45, 7) is 1.80. The zero-order valence-electron chi connectivity index (χ0n) is 10.3. The fraction of sp³-hybridized carbons (Fsp3) is 0.556. The summed E-state index contributed by atoms with van der Waals surface area (Å²) >= 11 is 0. The molecule has 1 aromatic rings. The van der Waals surface area contributed by atoms with Gasteiger partial charge in [0.2, 0.25) is 10.0 Å². The van der Waals surface area contributed by atoms with Crippen molar-refractivity contribution in [1.29, 1.82) is 0 Å². The van der Waals surface area contributed by atoms with Gasteiger partial charge in [0.15, 0.2) is 5.69 Å². The Morgan fingerprint density at radius 1 is 1.56 bits per heavy atom. The van der Waals surface area contributed by atoms with Gasteiger partial charge in [-0.05, 0) is 6.92 Å². The van der Waals surface area contributed by atoms with E-state index in [1.54, 1.807) is 0 Å². The van der Waals surface area contributed by atoms with E-state index < -0.39 is 21.7 Å². The van der Waals surface area contributed by atoms with Gasteiger partial charge in [0, 0.05) is 20.7 Å². The molecule has 18 heavy (non-hydrogen) atoms. The minimum Gasteiger partial charge on any atom is -0.476 e. The second kappa shape index (κ2) is 5.46. The molecule has 102 valence electrons. The van der Waals surface area contributed by atoms with Crippen molar-refractivity contribution in [2.45, 2.75) is 11.8 Å². The lowest BCUT2D eigenvalue weighted by molar-refractivity contribution is 0.0686. The Balaban J connectivity index is 3.20. The molecule has 0 fully saturated rings. The van der Waals surface area contributed by atoms with Crippen LogP contribution in [-0.2, 0) is 14.8 Å². The number of sulfonamides is 1. The van der Waals surface area contributed by atoms with Gasteiger partial charge in [-0.3, -0.25) is 5.10 Å². The lowest BCUT2D eigenvalue weighted by atomic mass is 10.4. The first-order valence-electron chi connectivity index (χ1n) is 5.06. The molecule has 0 aliphatic carbocycles. The molecule has 1 heterocycles. The minimum atomic E-state index is -3.90. The highest BCUT2D eigenvalue weighted by atomic mass is 32.2. The van der Waals surface area contributed by atoms with Gasteiger partial charge in [-0.25, -0.2) is 13.2 Å². The predicted molar refractivity (Wildman–Crippen MR) is 62.0 cm³/mol. The number of methoxy groups -OCH3 is 1. The van der Waals surface area contributed by atoms with E-state index in [9.17, 15) is 13.2 Å². The van der Waals surface area contributed by atoms with Crippen molar-refractivity contribution >= 4 is 16.0 Å². The summed E-state index contributed by atoms with van der Waals surface area (Å²) < 4.78 is 30.2. The number of likely N-dealkylation sites (N-methyl/N-ethyl adjacent to an activating group) is 1. The molecular weight excluding hydrogens is 262 g/mol. The van der Waals surface area contributed by atoms with Crippen molar-refractivity contribution in [2.75, 3.05) is 27.3 Å². The van der Waals surface area contributed by atoms with E-state index in [0.29, 0.717) is 0 Å². The molecular formula is C9H15N3O5S. The normalized spacial score (nSPS) is 12.0. The Labute approximate surface area is 105 Å². The number of aromatic carboxylic acids is 1. The van der Waals surface area contributed by atoms with Crippen LogP contribution < -0.4 is 0 Å². The fourth-order valence-corrected chi connectivity index (χ4v) is 2.81. The monoisotopic (exact) mass is 277 g/mol. The molecule has 0 amide bonds. The molecule has 0 bridgehead atoms. The van der Waals surface area contributed by atoms with Gasteiger partial charge in [-0.2, -0.15) is 9.40 Å². The Kier molecular flexibility index (Phi) is 4.43. The molecule has 1 rings (SSSR count). The number of aryl methyl sites for hydroxylation is 1. The van der Waals surface area contributed by atoms with Crippen LogP contribution in [0.1, 0.15) is 16.2 Å². The molecule has 0 aliphatic rings. The van der Waals surface area contributed by atoms with Gasteiger partial charge in [0.25, 0.3) is 0 Å². The lowest BCUT2D eigenvalue weighted by Gasteiger charge is -2.16. The highest BCUT2D eigenvalue weighted by molar-refractivity contribution is 7.89. The van der Waals surface area contributed by atoms with E-state index in [2.05, 4.69) is 10.2 Å². The van der Waals surface area contributed by atoms with Crippen LogP contribution in [0.2, 0.25) is 0 Å². The highest BCUT2D eigenvalue weighted by Gasteiger charge is 2.31. The summed E-state index contributed by atoms with van der Waals surface area (Å²) in [6, 6.07) is 0. The van der Waals surface area contributed by atoms with E-state index >= 15 is 0 Å². The Morgan fingerprint density at radius 3 is 2.67 bits per heavy atom. The third-order valence-electron chi connectivity index (χ3n) is 2.37. The summed E-state index contributed by atoms with van der Waals surface area (Å²) in [5, 5.41) is 14.8. The molecule has 0 aliphatic heterocycles. The van der Waals surface area contributed by atoms with Crippen LogP contribution in [-0.4, -0.2) is 61.3 Å². The summed E-state index contributed by atoms with van der Waals surface area (Å²) in [5.41, 5.74) is -0.312. The number of nitrogens with zero attached hydrogens (tertiary/aromatic N) is 2. The highest BCUT2D eigenvalue weighted by Crippen LogP contribution is 2.21. The zero-order chi connectivity index (χ0) is 13.9. The lowest BCUT2D eigenvalue weighted by Crippen LogP contribution is -2.31. The van der Waals surface area contributed by atoms with Crippen LogP contribution in [0.25, 0.3) is 0 Å². The number of hydrogen-bond acceptors (Lipinski definition) is 5. The molecule has 0 saturated heterocycles. The van der Waals surface area contributed by atoms with Crippen LogP contribution in [0.3, 0.4) is 0 Å². The van der Waals surface area contributed by atoms with Crippen LogP contribution >= 0.6 is 0 Å². The molecule has 2 N–H and O–H groups in total. The zero-order valence-corrected chi connectivity index (χ0v) is 11.1. The molecule has 0 atom stereocenters. The number of rotatable bonds is 6. The van der Waals surface area contributed by atoms with Gasteiger partial charge >= 0.3 is 5.97 Å². The minimum absolute atomic E-state index is 0.127. The van der Waals surface area contributed by atoms with Crippen LogP contribution in [0, 0.1) is 6.92 Å². The summed E-state index contributed by atoms with van der Waals surface area (Å²) in [6.07, 6.45) is 0. The molecule has 0 spiro atoms. The number of H-pyrrole nitrogens is 1. The second-order valence-corrected chi connectivity index (χ2v) is 5.63. The maximum Gasteiger partial charge on any atom is 0.357 e.